The van der Waals surface area contributed by atoms with E-state index < -0.39 is 8.07 Å². The summed E-state index contributed by atoms with van der Waals surface area (Å²) in [4.78, 5) is 6.91. The molecule has 1 aliphatic carbocycles. The van der Waals surface area contributed by atoms with E-state index in [1.54, 1.807) is 0 Å². The fraction of sp³-hybridized carbons (Fsp3) is 0.436. The number of aryl methyl sites for hydroxylation is 3. The first-order valence-corrected chi connectivity index (χ1v) is 17.8. The molecule has 3 nitrogen and oxygen atoms in total. The Hall–Kier alpha value is -3.24. The molecule has 0 radical (unpaired) electrons. The van der Waals surface area contributed by atoms with Gasteiger partial charge in [0.1, 0.15) is 0 Å². The molecule has 0 spiro atoms. The van der Waals surface area contributed by atoms with Crippen LogP contribution in [-0.2, 0) is 0 Å². The van der Waals surface area contributed by atoms with E-state index >= 15 is 0 Å². The largest absolute Gasteiger partial charge is 0.377 e. The normalized spacial score (nSPS) is 14.2. The Balaban J connectivity index is 2.38. The van der Waals surface area contributed by atoms with Crippen molar-refractivity contribution in [3.63, 3.8) is 0 Å². The van der Waals surface area contributed by atoms with Crippen molar-refractivity contribution in [1.29, 1.82) is 0 Å². The lowest BCUT2D eigenvalue weighted by atomic mass is 10.1. The van der Waals surface area contributed by atoms with Crippen LogP contribution < -0.4 is 30.3 Å². The van der Waals surface area contributed by atoms with E-state index in [-0.39, 0.29) is 0 Å². The maximum absolute atomic E-state index is 2.79. The third-order valence-electron chi connectivity index (χ3n) is 10.8. The van der Waals surface area contributed by atoms with Gasteiger partial charge in [0.2, 0.25) is 0 Å². The second-order valence-corrected chi connectivity index (χ2v) is 17.8. The summed E-state index contributed by atoms with van der Waals surface area (Å²) < 4.78 is 0. The standard InChI is InChI=1S/C39H55N3Si/c1-23-17-33(20-36(26(23)4)40(11)12)43(39-31(9)29(7)30(8)32(39)10,34-18-24(2)27(5)37(21-34)41(13)14)35-19-25(3)28(6)38(22-35)42(15)16/h17-22,39H,1-16H3. The molecule has 0 aliphatic heterocycles. The van der Waals surface area contributed by atoms with Crippen LogP contribution >= 0.6 is 0 Å². The minimum absolute atomic E-state index is 0.318. The number of anilines is 3. The summed E-state index contributed by atoms with van der Waals surface area (Å²) in [6.45, 7) is 23.3. The molecule has 0 unspecified atom stereocenters. The molecule has 230 valence electrons. The van der Waals surface area contributed by atoms with Crippen molar-refractivity contribution in [2.24, 2.45) is 0 Å². The van der Waals surface area contributed by atoms with E-state index in [2.05, 4.69) is 163 Å². The minimum atomic E-state index is -2.79. The number of benzene rings is 3. The molecule has 0 fully saturated rings. The Morgan fingerprint density at radius 3 is 0.907 bits per heavy atom. The maximum atomic E-state index is 2.55. The first-order chi connectivity index (χ1) is 20.0. The van der Waals surface area contributed by atoms with Crippen LogP contribution in [0.15, 0.2) is 58.7 Å². The predicted molar refractivity (Wildman–Crippen MR) is 196 cm³/mol. The Bertz CT molecular complexity index is 1470. The Morgan fingerprint density at radius 2 is 0.674 bits per heavy atom. The number of hydrogen-bond donors (Lipinski definition) is 0. The molecular weight excluding hydrogens is 539 g/mol. The van der Waals surface area contributed by atoms with Gasteiger partial charge in [0.25, 0.3) is 0 Å². The fourth-order valence-corrected chi connectivity index (χ4v) is 13.8. The van der Waals surface area contributed by atoms with Gasteiger partial charge in [0, 0.05) is 64.9 Å². The van der Waals surface area contributed by atoms with Crippen molar-refractivity contribution in [1.82, 2.24) is 0 Å². The van der Waals surface area contributed by atoms with Crippen molar-refractivity contribution in [2.45, 2.75) is 74.8 Å². The summed E-state index contributed by atoms with van der Waals surface area (Å²) in [7, 11) is 10.3. The monoisotopic (exact) mass is 593 g/mol. The van der Waals surface area contributed by atoms with Gasteiger partial charge in [0.05, 0.1) is 0 Å². The molecule has 4 heteroatoms. The summed E-state index contributed by atoms with van der Waals surface area (Å²) >= 11 is 0. The van der Waals surface area contributed by atoms with Gasteiger partial charge in [0.15, 0.2) is 8.07 Å². The molecule has 0 saturated heterocycles. The number of allylic oxidation sites excluding steroid dienone is 4. The van der Waals surface area contributed by atoms with E-state index in [0.717, 1.165) is 0 Å². The molecule has 0 amide bonds. The van der Waals surface area contributed by atoms with Gasteiger partial charge in [-0.2, -0.15) is 0 Å². The molecule has 4 rings (SSSR count). The molecule has 0 bridgehead atoms. The zero-order valence-electron chi connectivity index (χ0n) is 29.9. The average Bonchev–Trinajstić information content (AvgIpc) is 3.12. The zero-order valence-corrected chi connectivity index (χ0v) is 30.9. The van der Waals surface area contributed by atoms with Crippen molar-refractivity contribution < 1.29 is 0 Å². The molecule has 0 aromatic heterocycles. The van der Waals surface area contributed by atoms with E-state index in [4.69, 9.17) is 0 Å². The highest BCUT2D eigenvalue weighted by molar-refractivity contribution is 7.13. The van der Waals surface area contributed by atoms with Crippen LogP contribution in [0.3, 0.4) is 0 Å². The van der Waals surface area contributed by atoms with Gasteiger partial charge in [-0.15, -0.1) is 0 Å². The fourth-order valence-electron chi connectivity index (χ4n) is 7.60. The van der Waals surface area contributed by atoms with Crippen molar-refractivity contribution in [2.75, 3.05) is 57.0 Å². The van der Waals surface area contributed by atoms with Crippen LogP contribution in [0, 0.1) is 41.5 Å². The van der Waals surface area contributed by atoms with Crippen LogP contribution in [-0.4, -0.2) is 50.4 Å². The first kappa shape index (κ1) is 32.7. The lowest BCUT2D eigenvalue weighted by Gasteiger charge is -2.43. The van der Waals surface area contributed by atoms with E-state index in [9.17, 15) is 0 Å². The van der Waals surface area contributed by atoms with Crippen molar-refractivity contribution in [3.05, 3.63) is 92.1 Å². The summed E-state index contributed by atoms with van der Waals surface area (Å²) in [5.74, 6) is 0. The minimum Gasteiger partial charge on any atom is -0.377 e. The van der Waals surface area contributed by atoms with E-state index in [1.807, 2.05) is 0 Å². The smallest absolute Gasteiger partial charge is 0.159 e. The highest BCUT2D eigenvalue weighted by Crippen LogP contribution is 2.47. The summed E-state index contributed by atoms with van der Waals surface area (Å²) in [6, 6.07) is 15.3. The van der Waals surface area contributed by atoms with Crippen molar-refractivity contribution in [3.8, 4) is 0 Å². The molecule has 0 saturated carbocycles. The van der Waals surface area contributed by atoms with Crippen LogP contribution in [0.1, 0.15) is 61.1 Å². The van der Waals surface area contributed by atoms with Crippen LogP contribution in [0.5, 0.6) is 0 Å². The molecule has 3 aromatic rings. The van der Waals surface area contributed by atoms with E-state index in [1.165, 1.54) is 88.3 Å². The predicted octanol–water partition coefficient (Wildman–Crippen LogP) is 7.26. The highest BCUT2D eigenvalue weighted by atomic mass is 28.3. The Morgan fingerprint density at radius 1 is 0.419 bits per heavy atom. The third kappa shape index (κ3) is 5.16. The zero-order chi connectivity index (χ0) is 32.3. The SMILES string of the molecule is CC1=C(C)C([Si](c2cc(C)c(C)c(N(C)C)c2)(c2cc(C)c(C)c(N(C)C)c2)c2cc(C)c(C)c(N(C)C)c2)C(C)=C1C. The van der Waals surface area contributed by atoms with Gasteiger partial charge in [-0.3, -0.25) is 0 Å². The highest BCUT2D eigenvalue weighted by Gasteiger charge is 2.51. The second-order valence-electron chi connectivity index (χ2n) is 13.9. The number of hydrogen-bond acceptors (Lipinski definition) is 3. The van der Waals surface area contributed by atoms with E-state index in [0.29, 0.717) is 5.54 Å². The molecule has 1 aliphatic rings. The van der Waals surface area contributed by atoms with Gasteiger partial charge in [-0.25, -0.2) is 0 Å². The van der Waals surface area contributed by atoms with Gasteiger partial charge < -0.3 is 14.7 Å². The topological polar surface area (TPSA) is 9.72 Å². The molecular formula is C39H55N3Si. The lowest BCUT2D eigenvalue weighted by molar-refractivity contribution is 1.08. The molecule has 0 N–H and O–H groups in total. The number of rotatable bonds is 7. The third-order valence-corrected chi connectivity index (χ3v) is 16.1. The van der Waals surface area contributed by atoms with Gasteiger partial charge in [-0.05, 0) is 148 Å². The van der Waals surface area contributed by atoms with Crippen LogP contribution in [0.2, 0.25) is 5.54 Å². The second kappa shape index (κ2) is 11.7. The number of nitrogens with zero attached hydrogens (tertiary/aromatic N) is 3. The lowest BCUT2D eigenvalue weighted by Crippen LogP contribution is -2.70. The summed E-state index contributed by atoms with van der Waals surface area (Å²) in [6.07, 6.45) is 0. The van der Waals surface area contributed by atoms with Gasteiger partial charge in [-0.1, -0.05) is 29.3 Å². The first-order valence-electron chi connectivity index (χ1n) is 15.7. The molecule has 0 heterocycles. The van der Waals surface area contributed by atoms with Crippen molar-refractivity contribution >= 4 is 40.7 Å². The molecule has 3 aromatic carbocycles. The summed E-state index contributed by atoms with van der Waals surface area (Å²) in [5, 5.41) is 4.48. The Kier molecular flexibility index (Phi) is 8.88. The average molecular weight is 594 g/mol. The Labute approximate surface area is 263 Å². The maximum Gasteiger partial charge on any atom is 0.159 e. The quantitative estimate of drug-likeness (QED) is 0.211. The van der Waals surface area contributed by atoms with Crippen LogP contribution in [0.25, 0.3) is 0 Å². The van der Waals surface area contributed by atoms with Gasteiger partial charge >= 0.3 is 0 Å². The summed E-state index contributed by atoms with van der Waals surface area (Å²) in [5.41, 5.74) is 18.4. The molecule has 0 atom stereocenters. The van der Waals surface area contributed by atoms with Crippen LogP contribution in [0.4, 0.5) is 17.1 Å². The molecule has 43 heavy (non-hydrogen) atoms.